The molecule has 0 aromatic heterocycles. The van der Waals surface area contributed by atoms with E-state index in [-0.39, 0.29) is 7.92 Å². The highest BCUT2D eigenvalue weighted by Gasteiger charge is 2.72. The summed E-state index contributed by atoms with van der Waals surface area (Å²) in [4.78, 5) is 0. The third-order valence-electron chi connectivity index (χ3n) is 16.1. The summed E-state index contributed by atoms with van der Waals surface area (Å²) in [7, 11) is -1.04. The van der Waals surface area contributed by atoms with Crippen LogP contribution in [0.5, 0.6) is 0 Å². The van der Waals surface area contributed by atoms with Crippen LogP contribution < -0.4 is 0 Å². The molecule has 212 valence electrons. The summed E-state index contributed by atoms with van der Waals surface area (Å²) in [6.07, 6.45) is 38.0. The van der Waals surface area contributed by atoms with Crippen LogP contribution in [-0.2, 0) is 0 Å². The highest BCUT2D eigenvalue weighted by atomic mass is 31.2. The van der Waals surface area contributed by atoms with Crippen LogP contribution in [0.25, 0.3) is 0 Å². The molecule has 12 bridgehead atoms. The lowest BCUT2D eigenvalue weighted by Gasteiger charge is -2.70. The van der Waals surface area contributed by atoms with Gasteiger partial charge in [0.1, 0.15) is 5.16 Å². The second kappa shape index (κ2) is 8.08. The Morgan fingerprint density at radius 2 is 0.949 bits per heavy atom. The van der Waals surface area contributed by atoms with Crippen molar-refractivity contribution in [3.8, 4) is 0 Å². The molecule has 3 aliphatic heterocycles. The van der Waals surface area contributed by atoms with E-state index in [1.807, 2.05) is 0 Å². The van der Waals surface area contributed by atoms with E-state index >= 15 is 0 Å². The molecule has 3 saturated heterocycles. The molecule has 2 atom stereocenters. The van der Waals surface area contributed by atoms with Gasteiger partial charge in [-0.1, -0.05) is 33.1 Å². The van der Waals surface area contributed by atoms with Gasteiger partial charge >= 0.3 is 0 Å². The quantitative estimate of drug-likeness (QED) is 0.300. The molecule has 0 amide bonds. The molecule has 0 aromatic rings. The van der Waals surface area contributed by atoms with Gasteiger partial charge in [-0.3, -0.25) is 0 Å². The van der Waals surface area contributed by atoms with Crippen molar-refractivity contribution in [2.45, 2.75) is 126 Å². The molecule has 0 aromatic carbocycles. The van der Waals surface area contributed by atoms with Gasteiger partial charge in [0.2, 0.25) is 0 Å². The first-order valence-electron chi connectivity index (χ1n) is 17.9. The van der Waals surface area contributed by atoms with Crippen molar-refractivity contribution >= 4 is 15.2 Å². The summed E-state index contributed by atoms with van der Waals surface area (Å²) in [6, 6.07) is 0. The molecule has 13 rings (SSSR count). The van der Waals surface area contributed by atoms with Crippen molar-refractivity contribution in [3.05, 3.63) is 23.5 Å². The highest BCUT2D eigenvalue weighted by Crippen LogP contribution is 2.90. The van der Waals surface area contributed by atoms with E-state index < -0.39 is 7.26 Å². The van der Waals surface area contributed by atoms with Gasteiger partial charge in [-0.2, -0.15) is 0 Å². The minimum Gasteiger partial charge on any atom is -0.0771 e. The SMILES string of the molecule is CC1C=CC=C(P(C23CC4CC(CC(C4)C2)C3)C23CC4CC(CC(C4)C2)C3)C1(C)[P+]12CC3CC(CC(C3)C1)C2. The average Bonchev–Trinajstić information content (AvgIpc) is 2.84. The van der Waals surface area contributed by atoms with E-state index in [2.05, 4.69) is 37.4 Å². The smallest absolute Gasteiger partial charge is 0.0771 e. The van der Waals surface area contributed by atoms with Crippen molar-refractivity contribution in [2.24, 2.45) is 59.2 Å². The molecule has 39 heavy (non-hydrogen) atoms. The van der Waals surface area contributed by atoms with Crippen LogP contribution in [0.2, 0.25) is 0 Å². The predicted octanol–water partition coefficient (Wildman–Crippen LogP) is 10.3. The molecule has 2 heteroatoms. The summed E-state index contributed by atoms with van der Waals surface area (Å²) < 4.78 is 0. The minimum absolute atomic E-state index is 0.0559. The summed E-state index contributed by atoms with van der Waals surface area (Å²) in [6.45, 7) is 5.71. The number of hydrogen-bond donors (Lipinski definition) is 0. The van der Waals surface area contributed by atoms with Crippen molar-refractivity contribution in [3.63, 3.8) is 0 Å². The maximum Gasteiger partial charge on any atom is 0.108 e. The van der Waals surface area contributed by atoms with Gasteiger partial charge in [0.05, 0.1) is 18.5 Å². The van der Waals surface area contributed by atoms with Crippen molar-refractivity contribution in [1.29, 1.82) is 0 Å². The lowest BCUT2D eigenvalue weighted by Crippen LogP contribution is -2.59. The van der Waals surface area contributed by atoms with E-state index in [0.717, 1.165) is 69.5 Å². The molecule has 3 heterocycles. The summed E-state index contributed by atoms with van der Waals surface area (Å²) in [5.41, 5.74) is 0. The molecule has 2 unspecified atom stereocenters. The predicted molar refractivity (Wildman–Crippen MR) is 169 cm³/mol. The molecule has 0 spiro atoms. The minimum atomic E-state index is -0.989. The first-order chi connectivity index (χ1) is 18.8. The van der Waals surface area contributed by atoms with Gasteiger partial charge in [-0.15, -0.1) is 0 Å². The highest BCUT2D eigenvalue weighted by molar-refractivity contribution is 7.79. The number of allylic oxidation sites excluding steroid dienone is 4. The third-order valence-corrected chi connectivity index (χ3v) is 26.6. The van der Waals surface area contributed by atoms with Gasteiger partial charge in [0.15, 0.2) is 0 Å². The molecule has 0 radical (unpaired) electrons. The van der Waals surface area contributed by atoms with Gasteiger partial charge < -0.3 is 0 Å². The van der Waals surface area contributed by atoms with Crippen LogP contribution in [0, 0.1) is 59.2 Å². The maximum absolute atomic E-state index is 2.98. The van der Waals surface area contributed by atoms with E-state index in [1.165, 1.54) is 0 Å². The van der Waals surface area contributed by atoms with Crippen molar-refractivity contribution in [1.82, 2.24) is 0 Å². The van der Waals surface area contributed by atoms with Crippen LogP contribution in [-0.4, -0.2) is 34.0 Å². The average molecular weight is 562 g/mol. The second-order valence-electron chi connectivity index (χ2n) is 18.5. The van der Waals surface area contributed by atoms with Crippen molar-refractivity contribution in [2.75, 3.05) is 18.5 Å². The Hall–Kier alpha value is 0.340. The van der Waals surface area contributed by atoms with Gasteiger partial charge in [-0.25, -0.2) is 0 Å². The van der Waals surface area contributed by atoms with Gasteiger partial charge in [-0.05, 0) is 172 Å². The Morgan fingerprint density at radius 3 is 1.33 bits per heavy atom. The number of rotatable bonds is 4. The van der Waals surface area contributed by atoms with E-state index in [4.69, 9.17) is 0 Å². The van der Waals surface area contributed by atoms with E-state index in [1.54, 1.807) is 115 Å². The summed E-state index contributed by atoms with van der Waals surface area (Å²) >= 11 is 0. The summed E-state index contributed by atoms with van der Waals surface area (Å²) in [5, 5.41) is 4.21. The second-order valence-corrected chi connectivity index (χ2v) is 25.9. The Bertz CT molecular complexity index is 976. The standard InChI is InChI=1S/C37H55P2/c1-24-4-3-5-34(35(24,2)39-21-31-12-32(22-39)14-33(13-31)23-39)38(36-15-25-6-26(16-36)8-27(7-25)17-36)37-18-28-9-29(19-37)11-30(10-28)20-37/h3-5,24-33H,6-23H2,1-2H3/q+1. The monoisotopic (exact) mass is 561 g/mol. The number of hydrogen-bond acceptors (Lipinski definition) is 0. The largest absolute Gasteiger partial charge is 0.108 e. The van der Waals surface area contributed by atoms with Crippen LogP contribution in [0.1, 0.15) is 110 Å². The van der Waals surface area contributed by atoms with Gasteiger partial charge in [0.25, 0.3) is 0 Å². The zero-order valence-electron chi connectivity index (χ0n) is 25.1. The summed E-state index contributed by atoms with van der Waals surface area (Å²) in [5.74, 6) is 10.8. The first kappa shape index (κ1) is 24.7. The van der Waals surface area contributed by atoms with Crippen LogP contribution in [0.15, 0.2) is 23.5 Å². The fourth-order valence-electron chi connectivity index (χ4n) is 16.0. The third kappa shape index (κ3) is 3.27. The lowest BCUT2D eigenvalue weighted by atomic mass is 9.55. The molecule has 0 nitrogen and oxygen atoms in total. The molecule has 13 aliphatic rings. The van der Waals surface area contributed by atoms with E-state index in [9.17, 15) is 0 Å². The van der Waals surface area contributed by atoms with E-state index in [0.29, 0.717) is 5.16 Å². The van der Waals surface area contributed by atoms with Crippen LogP contribution in [0.4, 0.5) is 0 Å². The topological polar surface area (TPSA) is 0 Å². The zero-order valence-corrected chi connectivity index (χ0v) is 26.9. The molecular weight excluding hydrogens is 506 g/mol. The zero-order chi connectivity index (χ0) is 25.8. The molecule has 9 saturated carbocycles. The normalized spacial score (nSPS) is 62.2. The van der Waals surface area contributed by atoms with Crippen LogP contribution in [0.3, 0.4) is 0 Å². The Morgan fingerprint density at radius 1 is 0.590 bits per heavy atom. The Kier molecular flexibility index (Phi) is 5.13. The maximum atomic E-state index is 2.98. The van der Waals surface area contributed by atoms with Gasteiger partial charge in [0, 0.05) is 13.2 Å². The molecule has 10 aliphatic carbocycles. The molecule has 0 N–H and O–H groups in total. The Labute approximate surface area is 241 Å². The fraction of sp³-hybridized carbons (Fsp3) is 0.892. The lowest BCUT2D eigenvalue weighted by molar-refractivity contribution is 0.0189. The molecule has 12 fully saturated rings. The first-order valence-corrected chi connectivity index (χ1v) is 21.6. The Balaban J connectivity index is 1.16. The van der Waals surface area contributed by atoms with Crippen LogP contribution >= 0.6 is 15.2 Å². The van der Waals surface area contributed by atoms with Crippen molar-refractivity contribution < 1.29 is 0 Å². The fourth-order valence-corrected chi connectivity index (χ4v) is 29.5. The molecular formula is C37H55P2+.